The van der Waals surface area contributed by atoms with Crippen molar-refractivity contribution in [1.29, 1.82) is 5.26 Å². The molecule has 310 valence electrons. The molecular formula is C43H58N4O10. The predicted octanol–water partition coefficient (Wildman–Crippen LogP) is 5.00. The van der Waals surface area contributed by atoms with Gasteiger partial charge in [-0.05, 0) is 71.7 Å². The van der Waals surface area contributed by atoms with Crippen molar-refractivity contribution in [2.45, 2.75) is 129 Å². The van der Waals surface area contributed by atoms with E-state index in [2.05, 4.69) is 16.4 Å². The van der Waals surface area contributed by atoms with Gasteiger partial charge in [-0.2, -0.15) is 5.26 Å². The number of benzene rings is 1. The smallest absolute Gasteiger partial charge is 0.408 e. The fourth-order valence-electron chi connectivity index (χ4n) is 8.88. The number of hydrogen-bond donors (Lipinski definition) is 2. The van der Waals surface area contributed by atoms with E-state index in [1.165, 1.54) is 6.92 Å². The van der Waals surface area contributed by atoms with Gasteiger partial charge in [0.15, 0.2) is 17.7 Å². The molecule has 1 aromatic heterocycles. The number of rotatable bonds is 9. The van der Waals surface area contributed by atoms with Gasteiger partial charge < -0.3 is 34.1 Å². The number of carbonyl (C=O) groups is 4. The first-order chi connectivity index (χ1) is 26.9. The van der Waals surface area contributed by atoms with Crippen molar-refractivity contribution in [3.05, 3.63) is 48.2 Å². The largest absolute Gasteiger partial charge is 0.458 e. The van der Waals surface area contributed by atoms with Gasteiger partial charge in [0.1, 0.15) is 23.9 Å². The molecule has 1 unspecified atom stereocenters. The maximum atomic E-state index is 14.5. The van der Waals surface area contributed by atoms with Crippen LogP contribution in [0.1, 0.15) is 80.2 Å². The molecule has 0 saturated carbocycles. The first kappa shape index (κ1) is 43.9. The summed E-state index contributed by atoms with van der Waals surface area (Å²) in [6.45, 7) is 13.7. The van der Waals surface area contributed by atoms with Crippen LogP contribution in [0.4, 0.5) is 4.79 Å². The molecule has 2 N–H and O–H groups in total. The second kappa shape index (κ2) is 18.1. The maximum absolute atomic E-state index is 14.5. The third kappa shape index (κ3) is 9.39. The number of aromatic nitrogens is 1. The summed E-state index contributed by atoms with van der Waals surface area (Å²) in [5.74, 6) is -5.37. The minimum absolute atomic E-state index is 0.0267. The fraction of sp³-hybridized carbons (Fsp3) is 0.628. The Morgan fingerprint density at radius 1 is 1.09 bits per heavy atom. The summed E-state index contributed by atoms with van der Waals surface area (Å²) in [6, 6.07) is 10.5. The highest BCUT2D eigenvalue weighted by Crippen LogP contribution is 2.40. The van der Waals surface area contributed by atoms with Crippen LogP contribution >= 0.6 is 0 Å². The van der Waals surface area contributed by atoms with Crippen molar-refractivity contribution >= 4 is 40.6 Å². The quantitative estimate of drug-likeness (QED) is 0.197. The molecule has 3 saturated heterocycles. The van der Waals surface area contributed by atoms with Crippen molar-refractivity contribution in [3.63, 3.8) is 0 Å². The van der Waals surface area contributed by atoms with E-state index in [1.807, 2.05) is 49.4 Å². The number of amides is 1. The highest BCUT2D eigenvalue weighted by molar-refractivity contribution is 6.00. The third-order valence-corrected chi connectivity index (χ3v) is 12.1. The Labute approximate surface area is 335 Å². The summed E-state index contributed by atoms with van der Waals surface area (Å²) in [7, 11) is 1.73. The van der Waals surface area contributed by atoms with Gasteiger partial charge in [-0.25, -0.2) is 4.79 Å². The number of hydrogen-bond acceptors (Lipinski definition) is 13. The van der Waals surface area contributed by atoms with Crippen LogP contribution < -0.4 is 5.32 Å². The van der Waals surface area contributed by atoms with Crippen molar-refractivity contribution < 1.29 is 48.0 Å². The van der Waals surface area contributed by atoms with E-state index < -0.39 is 89.4 Å². The van der Waals surface area contributed by atoms with Gasteiger partial charge in [-0.1, -0.05) is 58.0 Å². The minimum atomic E-state index is -1.41. The molecule has 0 radical (unpaired) electrons. The number of likely N-dealkylation sites (N-methyl/N-ethyl adjacent to an activating group) is 1. The Kier molecular flexibility index (Phi) is 13.9. The van der Waals surface area contributed by atoms with Gasteiger partial charge in [0.05, 0.1) is 48.6 Å². The third-order valence-electron chi connectivity index (χ3n) is 12.1. The van der Waals surface area contributed by atoms with E-state index in [0.29, 0.717) is 6.42 Å². The van der Waals surface area contributed by atoms with Crippen LogP contribution in [0.15, 0.2) is 42.6 Å². The zero-order chi connectivity index (χ0) is 41.8. The van der Waals surface area contributed by atoms with E-state index in [-0.39, 0.29) is 37.9 Å². The average Bonchev–Trinajstić information content (AvgIpc) is 3.50. The van der Waals surface area contributed by atoms with Gasteiger partial charge in [-0.3, -0.25) is 24.3 Å². The summed E-state index contributed by atoms with van der Waals surface area (Å²) < 4.78 is 31.4. The monoisotopic (exact) mass is 790 g/mol. The molecule has 1 aromatic carbocycles. The number of nitrogens with one attached hydrogen (secondary N) is 1. The van der Waals surface area contributed by atoms with Crippen molar-refractivity contribution in [2.24, 2.45) is 23.7 Å². The number of fused-ring (bicyclic) bond motifs is 2. The first-order valence-corrected chi connectivity index (χ1v) is 19.9. The van der Waals surface area contributed by atoms with E-state index in [9.17, 15) is 29.5 Å². The minimum Gasteiger partial charge on any atom is -0.458 e. The van der Waals surface area contributed by atoms with Crippen molar-refractivity contribution in [2.75, 3.05) is 20.2 Å². The Balaban J connectivity index is 1.56. The molecule has 13 atom stereocenters. The number of cyclic esters (lactones) is 1. The Morgan fingerprint density at radius 2 is 1.81 bits per heavy atom. The van der Waals surface area contributed by atoms with E-state index in [1.54, 1.807) is 59.7 Å². The molecule has 0 spiro atoms. The molecule has 1 amide bonds. The summed E-state index contributed by atoms with van der Waals surface area (Å²) in [6.07, 6.45) is 0.401. The molecule has 0 bridgehead atoms. The SMILES string of the molecule is CC[C@H]1OC(=O)[C@H](C)C(=O)[C@H](C)[C@@H](OC2O[C@H](C)C[C@H](N(C)CC#N)[C@H]2O)[C@@](C)(OC/C=C/c2cnc3ccccc3c2)C[C@@H](C)C(=O)[C@H](C)[C@H]2NC(=O)O[C@@]21C. The van der Waals surface area contributed by atoms with E-state index in [0.717, 1.165) is 16.5 Å². The number of alkyl carbamates (subject to hydrolysis) is 1. The summed E-state index contributed by atoms with van der Waals surface area (Å²) in [4.78, 5) is 61.8. The first-order valence-electron chi connectivity index (χ1n) is 19.9. The maximum Gasteiger partial charge on any atom is 0.408 e. The predicted molar refractivity (Wildman–Crippen MR) is 210 cm³/mol. The fourth-order valence-corrected chi connectivity index (χ4v) is 8.88. The number of aliphatic hydroxyl groups excluding tert-OH is 1. The Hall–Kier alpha value is -4.26. The summed E-state index contributed by atoms with van der Waals surface area (Å²) in [5.41, 5.74) is -1.11. The number of Topliss-reactive ketones (excluding diaryl/α,β-unsaturated/α-hetero) is 2. The number of ether oxygens (including phenoxy) is 5. The van der Waals surface area contributed by atoms with Crippen LogP contribution in [-0.4, -0.2) is 113 Å². The average molecular weight is 791 g/mol. The normalized spacial score (nSPS) is 37.0. The van der Waals surface area contributed by atoms with Crippen LogP contribution in [0, 0.1) is 35.0 Å². The van der Waals surface area contributed by atoms with Gasteiger partial charge >= 0.3 is 12.1 Å². The molecule has 3 aliphatic rings. The summed E-state index contributed by atoms with van der Waals surface area (Å²) in [5, 5.41) is 24.9. The van der Waals surface area contributed by atoms with Gasteiger partial charge in [0.2, 0.25) is 0 Å². The molecule has 2 aromatic rings. The van der Waals surface area contributed by atoms with Crippen molar-refractivity contribution in [3.8, 4) is 6.07 Å². The number of ketones is 2. The molecule has 5 rings (SSSR count). The molecular weight excluding hydrogens is 732 g/mol. The van der Waals surface area contributed by atoms with Crippen molar-refractivity contribution in [1.82, 2.24) is 15.2 Å². The second-order valence-electron chi connectivity index (χ2n) is 16.5. The number of esters is 1. The zero-order valence-corrected chi connectivity index (χ0v) is 34.5. The van der Waals surface area contributed by atoms with Crippen LogP contribution in [0.3, 0.4) is 0 Å². The Morgan fingerprint density at radius 3 is 2.51 bits per heavy atom. The molecule has 3 fully saturated rings. The lowest BCUT2D eigenvalue weighted by atomic mass is 9.73. The highest BCUT2D eigenvalue weighted by atomic mass is 16.7. The van der Waals surface area contributed by atoms with E-state index in [4.69, 9.17) is 23.7 Å². The molecule has 3 aliphatic heterocycles. The van der Waals surface area contributed by atoms with Crippen LogP contribution in [0.25, 0.3) is 17.0 Å². The molecule has 14 heteroatoms. The lowest BCUT2D eigenvalue weighted by Crippen LogP contribution is -2.60. The van der Waals surface area contributed by atoms with Gasteiger partial charge in [0, 0.05) is 35.4 Å². The second-order valence-corrected chi connectivity index (χ2v) is 16.5. The van der Waals surface area contributed by atoms with E-state index >= 15 is 0 Å². The molecule has 14 nitrogen and oxygen atoms in total. The molecule has 57 heavy (non-hydrogen) atoms. The number of carbonyl (C=O) groups excluding carboxylic acids is 4. The topological polar surface area (TPSA) is 187 Å². The highest BCUT2D eigenvalue weighted by Gasteiger charge is 2.57. The van der Waals surface area contributed by atoms with Crippen LogP contribution in [-0.2, 0) is 38.1 Å². The summed E-state index contributed by atoms with van der Waals surface area (Å²) >= 11 is 0. The number of nitrogens with zero attached hydrogens (tertiary/aromatic N) is 3. The zero-order valence-electron chi connectivity index (χ0n) is 34.5. The Bertz CT molecular complexity index is 1870. The van der Waals surface area contributed by atoms with Crippen LogP contribution in [0.5, 0.6) is 0 Å². The van der Waals surface area contributed by atoms with Gasteiger partial charge in [-0.15, -0.1) is 0 Å². The number of nitriles is 1. The standard InChI is InChI=1S/C43H58N4O10/c1-10-33-43(8)37(46-41(52)57-43)26(4)34(48)24(2)22-42(7,53-19-13-14-29-21-30-15-11-12-16-31(30)45-23-29)38(27(5)35(49)28(6)39(51)55-33)56-40-36(50)32(20-25(3)54-40)47(9)18-17-44/h11-16,21,23-28,32-33,36-38,40,50H,10,18-20,22H2,1-9H3,(H,46,52)/b14-13+/t24-,25-,26+,27+,28-,32+,33-,36-,37-,38-,40?,42+,43-/m1/s1. The molecule has 0 aliphatic carbocycles. The van der Waals surface area contributed by atoms with Crippen LogP contribution in [0.2, 0.25) is 0 Å². The number of aliphatic hydroxyl groups is 1. The number of pyridine rings is 1. The lowest BCUT2D eigenvalue weighted by Gasteiger charge is -2.47. The number of para-hydroxylation sites is 1. The lowest BCUT2D eigenvalue weighted by molar-refractivity contribution is -0.297. The molecule has 4 heterocycles. The van der Waals surface area contributed by atoms with Gasteiger partial charge in [0.25, 0.3) is 0 Å².